The number of nitrogens with zero attached hydrogens (tertiary/aromatic N) is 2. The molecule has 0 saturated carbocycles. The molecular weight excluding hydrogens is 339 g/mol. The zero-order valence-corrected chi connectivity index (χ0v) is 14.9. The van der Waals surface area contributed by atoms with E-state index in [1.54, 1.807) is 23.9 Å². The van der Waals surface area contributed by atoms with E-state index in [4.69, 9.17) is 9.47 Å². The Bertz CT molecular complexity index is 755. The number of hydrogen-bond acceptors (Lipinski definition) is 4. The Hall–Kier alpha value is -2.45. The van der Waals surface area contributed by atoms with Crippen LogP contribution < -0.4 is 10.6 Å². The first-order valence-corrected chi connectivity index (χ1v) is 8.64. The quantitative estimate of drug-likeness (QED) is 0.856. The van der Waals surface area contributed by atoms with Crippen LogP contribution in [0.2, 0.25) is 0 Å². The Balaban J connectivity index is 1.75. The average molecular weight is 362 g/mol. The van der Waals surface area contributed by atoms with E-state index >= 15 is 0 Å². The summed E-state index contributed by atoms with van der Waals surface area (Å²) < 4.78 is 25.7. The number of benzene rings is 1. The van der Waals surface area contributed by atoms with Gasteiger partial charge in [0.05, 0.1) is 31.6 Å². The molecular formula is C18H23FN4O3. The summed E-state index contributed by atoms with van der Waals surface area (Å²) in [7, 11) is 1.76. The fourth-order valence-corrected chi connectivity index (χ4v) is 2.90. The van der Waals surface area contributed by atoms with Gasteiger partial charge in [0, 0.05) is 19.2 Å². The monoisotopic (exact) mass is 362 g/mol. The SMILES string of the molecule is CCc1nn(C)c(NC(=O)NC[C@@H]2COCCO2)c1-c1ccc(F)cc1. The van der Waals surface area contributed by atoms with Gasteiger partial charge < -0.3 is 14.8 Å². The van der Waals surface area contributed by atoms with Crippen LogP contribution in [0.4, 0.5) is 15.0 Å². The Morgan fingerprint density at radius 1 is 1.35 bits per heavy atom. The zero-order chi connectivity index (χ0) is 18.5. The lowest BCUT2D eigenvalue weighted by Gasteiger charge is -2.23. The van der Waals surface area contributed by atoms with Crippen molar-refractivity contribution >= 4 is 11.8 Å². The van der Waals surface area contributed by atoms with E-state index < -0.39 is 0 Å². The maximum atomic E-state index is 13.3. The summed E-state index contributed by atoms with van der Waals surface area (Å²) in [6.45, 7) is 3.92. The van der Waals surface area contributed by atoms with Gasteiger partial charge in [0.2, 0.25) is 0 Å². The van der Waals surface area contributed by atoms with Crippen molar-refractivity contribution in [2.45, 2.75) is 19.4 Å². The van der Waals surface area contributed by atoms with Crippen molar-refractivity contribution in [3.8, 4) is 11.1 Å². The molecule has 1 fully saturated rings. The molecule has 2 amide bonds. The number of aryl methyl sites for hydroxylation is 2. The van der Waals surface area contributed by atoms with Gasteiger partial charge in [-0.3, -0.25) is 10.00 Å². The smallest absolute Gasteiger partial charge is 0.320 e. The summed E-state index contributed by atoms with van der Waals surface area (Å²) in [4.78, 5) is 12.3. The second-order valence-corrected chi connectivity index (χ2v) is 6.06. The maximum absolute atomic E-state index is 13.3. The van der Waals surface area contributed by atoms with E-state index in [2.05, 4.69) is 15.7 Å². The molecule has 0 unspecified atom stereocenters. The highest BCUT2D eigenvalue weighted by molar-refractivity contribution is 5.93. The predicted octanol–water partition coefficient (Wildman–Crippen LogP) is 2.33. The van der Waals surface area contributed by atoms with Crippen molar-refractivity contribution in [2.75, 3.05) is 31.7 Å². The van der Waals surface area contributed by atoms with Gasteiger partial charge in [0.15, 0.2) is 0 Å². The summed E-state index contributed by atoms with van der Waals surface area (Å²) in [6.07, 6.45) is 0.542. The molecule has 1 atom stereocenters. The molecule has 0 aliphatic carbocycles. The number of ether oxygens (including phenoxy) is 2. The second kappa shape index (κ2) is 8.29. The van der Waals surface area contributed by atoms with E-state index in [1.165, 1.54) is 12.1 Å². The molecule has 2 aromatic rings. The Kier molecular flexibility index (Phi) is 5.85. The number of rotatable bonds is 5. The number of urea groups is 1. The van der Waals surface area contributed by atoms with E-state index in [0.717, 1.165) is 16.8 Å². The highest BCUT2D eigenvalue weighted by atomic mass is 19.1. The lowest BCUT2D eigenvalue weighted by Crippen LogP contribution is -2.41. The number of carbonyl (C=O) groups is 1. The van der Waals surface area contributed by atoms with Crippen LogP contribution in [0.25, 0.3) is 11.1 Å². The fraction of sp³-hybridized carbons (Fsp3) is 0.444. The lowest BCUT2D eigenvalue weighted by atomic mass is 10.0. The summed E-state index contributed by atoms with van der Waals surface area (Å²) >= 11 is 0. The number of anilines is 1. The average Bonchev–Trinajstić information content (AvgIpc) is 2.97. The molecule has 1 aliphatic heterocycles. The number of aromatic nitrogens is 2. The molecule has 1 aliphatic rings. The first-order chi connectivity index (χ1) is 12.6. The molecule has 8 heteroatoms. The molecule has 2 heterocycles. The summed E-state index contributed by atoms with van der Waals surface area (Å²) in [5, 5.41) is 10.1. The maximum Gasteiger partial charge on any atom is 0.320 e. The largest absolute Gasteiger partial charge is 0.376 e. The normalized spacial score (nSPS) is 17.1. The first-order valence-electron chi connectivity index (χ1n) is 8.64. The van der Waals surface area contributed by atoms with Crippen molar-refractivity contribution in [3.63, 3.8) is 0 Å². The van der Waals surface area contributed by atoms with E-state index in [-0.39, 0.29) is 18.0 Å². The van der Waals surface area contributed by atoms with Crippen molar-refractivity contribution in [2.24, 2.45) is 7.05 Å². The van der Waals surface area contributed by atoms with Crippen LogP contribution in [0.15, 0.2) is 24.3 Å². The van der Waals surface area contributed by atoms with Gasteiger partial charge in [-0.1, -0.05) is 19.1 Å². The molecule has 140 valence electrons. The third-order valence-corrected chi connectivity index (χ3v) is 4.19. The number of hydrogen-bond donors (Lipinski definition) is 2. The Morgan fingerprint density at radius 3 is 2.77 bits per heavy atom. The van der Waals surface area contributed by atoms with Crippen LogP contribution >= 0.6 is 0 Å². The van der Waals surface area contributed by atoms with Gasteiger partial charge in [-0.25, -0.2) is 9.18 Å². The highest BCUT2D eigenvalue weighted by Crippen LogP contribution is 2.31. The third-order valence-electron chi connectivity index (χ3n) is 4.19. The van der Waals surface area contributed by atoms with Crippen LogP contribution in [0.5, 0.6) is 0 Å². The lowest BCUT2D eigenvalue weighted by molar-refractivity contribution is -0.0852. The second-order valence-electron chi connectivity index (χ2n) is 6.06. The fourth-order valence-electron chi connectivity index (χ4n) is 2.90. The highest BCUT2D eigenvalue weighted by Gasteiger charge is 2.20. The van der Waals surface area contributed by atoms with Gasteiger partial charge in [-0.2, -0.15) is 5.10 Å². The predicted molar refractivity (Wildman–Crippen MR) is 95.6 cm³/mol. The summed E-state index contributed by atoms with van der Waals surface area (Å²) in [5.74, 6) is 0.254. The molecule has 7 nitrogen and oxygen atoms in total. The number of nitrogens with one attached hydrogen (secondary N) is 2. The minimum absolute atomic E-state index is 0.149. The number of amides is 2. The van der Waals surface area contributed by atoms with Crippen molar-refractivity contribution in [1.82, 2.24) is 15.1 Å². The van der Waals surface area contributed by atoms with Gasteiger partial charge in [0.25, 0.3) is 0 Å². The summed E-state index contributed by atoms with van der Waals surface area (Å²) in [5.41, 5.74) is 2.43. The first kappa shape index (κ1) is 18.3. The van der Waals surface area contributed by atoms with E-state index in [1.807, 2.05) is 6.92 Å². The Labute approximate surface area is 151 Å². The molecule has 1 aromatic heterocycles. The minimum Gasteiger partial charge on any atom is -0.376 e. The van der Waals surface area contributed by atoms with Crippen LogP contribution in [-0.2, 0) is 22.9 Å². The minimum atomic E-state index is -0.354. The standard InChI is InChI=1S/C18H23FN4O3/c1-3-15-16(12-4-6-13(19)7-5-12)17(23(2)22-15)21-18(24)20-10-14-11-25-8-9-26-14/h4-7,14H,3,8-11H2,1-2H3,(H2,20,21,24)/t14-/m1/s1. The third kappa shape index (κ3) is 4.20. The van der Waals surface area contributed by atoms with Crippen molar-refractivity contribution in [3.05, 3.63) is 35.8 Å². The van der Waals surface area contributed by atoms with Gasteiger partial charge in [-0.05, 0) is 24.1 Å². The summed E-state index contributed by atoms with van der Waals surface area (Å²) in [6, 6.07) is 5.80. The molecule has 1 saturated heterocycles. The van der Waals surface area contributed by atoms with Gasteiger partial charge >= 0.3 is 6.03 Å². The molecule has 2 N–H and O–H groups in total. The van der Waals surface area contributed by atoms with Crippen LogP contribution in [0.1, 0.15) is 12.6 Å². The number of carbonyl (C=O) groups excluding carboxylic acids is 1. The van der Waals surface area contributed by atoms with Crippen molar-refractivity contribution < 1.29 is 18.7 Å². The Morgan fingerprint density at radius 2 is 2.12 bits per heavy atom. The van der Waals surface area contributed by atoms with Gasteiger partial charge in [-0.15, -0.1) is 0 Å². The molecule has 0 radical (unpaired) electrons. The van der Waals surface area contributed by atoms with Crippen molar-refractivity contribution in [1.29, 1.82) is 0 Å². The molecule has 3 rings (SSSR count). The molecule has 26 heavy (non-hydrogen) atoms. The molecule has 0 spiro atoms. The van der Waals surface area contributed by atoms with Crippen LogP contribution in [0, 0.1) is 5.82 Å². The zero-order valence-electron chi connectivity index (χ0n) is 14.9. The van der Waals surface area contributed by atoms with E-state index in [9.17, 15) is 9.18 Å². The van der Waals surface area contributed by atoms with Gasteiger partial charge in [0.1, 0.15) is 11.6 Å². The molecule has 0 bridgehead atoms. The van der Waals surface area contributed by atoms with Crippen LogP contribution in [0.3, 0.4) is 0 Å². The number of halogens is 1. The van der Waals surface area contributed by atoms with Crippen LogP contribution in [-0.4, -0.2) is 48.3 Å². The topological polar surface area (TPSA) is 77.4 Å². The van der Waals surface area contributed by atoms with E-state index in [0.29, 0.717) is 38.6 Å². The molecule has 1 aromatic carbocycles.